The summed E-state index contributed by atoms with van der Waals surface area (Å²) >= 11 is 7.02. The number of likely N-dealkylation sites (tertiary alicyclic amines) is 1. The van der Waals surface area contributed by atoms with Crippen LogP contribution in [0.5, 0.6) is 17.2 Å². The van der Waals surface area contributed by atoms with Crippen molar-refractivity contribution in [2.24, 2.45) is 5.92 Å². The second-order valence-corrected chi connectivity index (χ2v) is 15.6. The first-order chi connectivity index (χ1) is 23.7. The summed E-state index contributed by atoms with van der Waals surface area (Å²) in [6.45, 7) is 5.53. The van der Waals surface area contributed by atoms with Gasteiger partial charge in [-0.05, 0) is 62.9 Å². The van der Waals surface area contributed by atoms with Crippen LogP contribution in [0.25, 0.3) is 0 Å². The Morgan fingerprint density at radius 3 is 2.42 bits per heavy atom. The Morgan fingerprint density at radius 2 is 1.78 bits per heavy atom. The highest BCUT2D eigenvalue weighted by atomic mass is 35.5. The minimum Gasteiger partial charge on any atom is -0.497 e. The number of ether oxygens (including phenoxy) is 4. The van der Waals surface area contributed by atoms with Crippen LogP contribution in [-0.4, -0.2) is 69.1 Å². The molecule has 0 spiro atoms. The molecule has 5 rings (SSSR count). The molecule has 0 N–H and O–H groups in total. The van der Waals surface area contributed by atoms with Crippen LogP contribution in [0, 0.1) is 17.6 Å². The van der Waals surface area contributed by atoms with Crippen LogP contribution >= 0.6 is 22.9 Å². The van der Waals surface area contributed by atoms with Crippen LogP contribution in [0.3, 0.4) is 0 Å². The van der Waals surface area contributed by atoms with Gasteiger partial charge in [-0.1, -0.05) is 35.1 Å². The number of carbonyl (C=O) groups is 1. The van der Waals surface area contributed by atoms with Crippen LogP contribution in [0.1, 0.15) is 44.2 Å². The lowest BCUT2D eigenvalue weighted by molar-refractivity contribution is 0.0110. The molecule has 0 bridgehead atoms. The van der Waals surface area contributed by atoms with Crippen LogP contribution in [-0.2, 0) is 21.3 Å². The van der Waals surface area contributed by atoms with Crippen LogP contribution < -0.4 is 18.5 Å². The fourth-order valence-electron chi connectivity index (χ4n) is 5.64. The summed E-state index contributed by atoms with van der Waals surface area (Å²) < 4.78 is 82.3. The average Bonchev–Trinajstić information content (AvgIpc) is 3.61. The number of aromatic nitrogens is 2. The fourth-order valence-corrected chi connectivity index (χ4v) is 8.01. The monoisotopic (exact) mass is 750 g/mol. The van der Waals surface area contributed by atoms with E-state index in [9.17, 15) is 13.2 Å². The number of methoxy groups -OCH3 is 2. The molecule has 1 saturated heterocycles. The molecule has 1 aliphatic rings. The van der Waals surface area contributed by atoms with E-state index in [-0.39, 0.29) is 36.7 Å². The number of nitrogens with zero attached hydrogens (tertiary/aromatic N) is 4. The lowest BCUT2D eigenvalue weighted by Gasteiger charge is -2.39. The minimum atomic E-state index is -4.73. The minimum absolute atomic E-state index is 0.0666. The van der Waals surface area contributed by atoms with E-state index in [1.165, 1.54) is 19.7 Å². The van der Waals surface area contributed by atoms with E-state index >= 15 is 8.78 Å². The first-order valence-electron chi connectivity index (χ1n) is 15.5. The van der Waals surface area contributed by atoms with E-state index in [0.717, 1.165) is 21.2 Å². The number of anilines is 1. The molecule has 0 radical (unpaired) electrons. The Balaban J connectivity index is 1.41. The zero-order valence-corrected chi connectivity index (χ0v) is 30.4. The van der Waals surface area contributed by atoms with Gasteiger partial charge in [0.25, 0.3) is 10.0 Å². The van der Waals surface area contributed by atoms with Crippen molar-refractivity contribution in [3.63, 3.8) is 0 Å². The van der Waals surface area contributed by atoms with Gasteiger partial charge in [0.1, 0.15) is 33.3 Å². The molecule has 16 heteroatoms. The molecule has 11 nitrogen and oxygen atoms in total. The van der Waals surface area contributed by atoms with Gasteiger partial charge in [0.15, 0.2) is 11.6 Å². The SMILES string of the molecule is COc1ccc(CN(c2nncs2)S(=O)(=O)c2cc(F)c(OC[C@@H]3CN(C(=O)OC(C)(C)C)CC[C@H]3c3ccc(Cl)cc3)cc2F)c(OC)c1. The molecule has 1 aliphatic heterocycles. The van der Waals surface area contributed by atoms with E-state index in [1.807, 2.05) is 12.1 Å². The summed E-state index contributed by atoms with van der Waals surface area (Å²) in [6.07, 6.45) is 0.0691. The molecule has 3 aromatic carbocycles. The smallest absolute Gasteiger partial charge is 0.410 e. The number of sulfonamides is 1. The zero-order chi connectivity index (χ0) is 36.2. The summed E-state index contributed by atoms with van der Waals surface area (Å²) in [5.41, 5.74) is 1.98. The number of amides is 1. The highest BCUT2D eigenvalue weighted by Gasteiger charge is 2.36. The highest BCUT2D eigenvalue weighted by molar-refractivity contribution is 7.93. The Labute approximate surface area is 298 Å². The van der Waals surface area contributed by atoms with Gasteiger partial charge in [0.05, 0.1) is 27.4 Å². The summed E-state index contributed by atoms with van der Waals surface area (Å²) in [7, 11) is -1.85. The fraction of sp³-hybridized carbons (Fsp3) is 0.382. The van der Waals surface area contributed by atoms with Gasteiger partial charge in [-0.2, -0.15) is 0 Å². The maximum atomic E-state index is 15.8. The molecule has 0 aliphatic carbocycles. The predicted molar refractivity (Wildman–Crippen MR) is 185 cm³/mol. The van der Waals surface area contributed by atoms with Crippen molar-refractivity contribution in [1.82, 2.24) is 15.1 Å². The van der Waals surface area contributed by atoms with Gasteiger partial charge >= 0.3 is 6.09 Å². The van der Waals surface area contributed by atoms with Crippen LogP contribution in [0.2, 0.25) is 5.02 Å². The van der Waals surface area contributed by atoms with Gasteiger partial charge in [-0.3, -0.25) is 0 Å². The van der Waals surface area contributed by atoms with Crippen molar-refractivity contribution in [2.45, 2.75) is 50.2 Å². The van der Waals surface area contributed by atoms with Crippen molar-refractivity contribution in [3.8, 4) is 17.2 Å². The quantitative estimate of drug-likeness (QED) is 0.156. The van der Waals surface area contributed by atoms with Crippen LogP contribution in [0.15, 0.2) is 65.0 Å². The lowest BCUT2D eigenvalue weighted by atomic mass is 9.81. The van der Waals surface area contributed by atoms with Crippen molar-refractivity contribution in [3.05, 3.63) is 87.9 Å². The van der Waals surface area contributed by atoms with E-state index in [4.69, 9.17) is 30.5 Å². The van der Waals surface area contributed by atoms with Crippen molar-refractivity contribution < 1.29 is 40.9 Å². The van der Waals surface area contributed by atoms with Crippen molar-refractivity contribution in [2.75, 3.05) is 38.2 Å². The van der Waals surface area contributed by atoms with E-state index in [1.54, 1.807) is 56.0 Å². The largest absolute Gasteiger partial charge is 0.497 e. The normalized spacial score (nSPS) is 16.5. The van der Waals surface area contributed by atoms with E-state index in [2.05, 4.69) is 10.2 Å². The van der Waals surface area contributed by atoms with Gasteiger partial charge in [-0.25, -0.2) is 26.3 Å². The number of halogens is 3. The number of hydrogen-bond acceptors (Lipinski definition) is 10. The summed E-state index contributed by atoms with van der Waals surface area (Å²) in [5, 5.41) is 8.12. The molecule has 4 aromatic rings. The Hall–Kier alpha value is -4.21. The molecule has 2 atom stereocenters. The molecule has 50 heavy (non-hydrogen) atoms. The number of piperidine rings is 1. The molecular weight excluding hydrogens is 714 g/mol. The molecule has 268 valence electrons. The third-order valence-electron chi connectivity index (χ3n) is 8.06. The number of benzene rings is 3. The number of rotatable bonds is 11. The Morgan fingerprint density at radius 1 is 1.04 bits per heavy atom. The summed E-state index contributed by atoms with van der Waals surface area (Å²) in [5.74, 6) is -2.47. The van der Waals surface area contributed by atoms with Gasteiger partial charge in [0, 0.05) is 47.8 Å². The maximum Gasteiger partial charge on any atom is 0.410 e. The molecule has 1 amide bonds. The molecule has 0 saturated carbocycles. The van der Waals surface area contributed by atoms with Crippen molar-refractivity contribution >= 4 is 44.2 Å². The molecule has 1 aromatic heterocycles. The number of hydrogen-bond donors (Lipinski definition) is 0. The van der Waals surface area contributed by atoms with Gasteiger partial charge in [0.2, 0.25) is 5.13 Å². The standard InChI is InChI=1S/C34H37ClF2N4O7S2/c1-34(2,3)48-33(42)40-13-12-26(21-6-9-24(35)10-7-21)23(17-40)19-47-30-15-28(37)31(16-27(30)36)50(43,44)41(32-39-38-20-49-32)18-22-8-11-25(45-4)14-29(22)46-5/h6-11,14-16,20,23,26H,12-13,17-19H2,1-5H3/t23-,26-/m0/s1. The average molecular weight is 751 g/mol. The molecule has 2 heterocycles. The van der Waals surface area contributed by atoms with Crippen molar-refractivity contribution in [1.29, 1.82) is 0 Å². The second kappa shape index (κ2) is 15.4. The second-order valence-electron chi connectivity index (χ2n) is 12.6. The summed E-state index contributed by atoms with van der Waals surface area (Å²) in [6, 6.07) is 13.4. The maximum absolute atomic E-state index is 15.8. The molecule has 0 unspecified atom stereocenters. The lowest BCUT2D eigenvalue weighted by Crippen LogP contribution is -2.46. The van der Waals surface area contributed by atoms with Crippen LogP contribution in [0.4, 0.5) is 18.7 Å². The molecule has 1 fully saturated rings. The third-order valence-corrected chi connectivity index (χ3v) is 10.9. The first kappa shape index (κ1) is 37.1. The first-order valence-corrected chi connectivity index (χ1v) is 18.2. The Kier molecular flexibility index (Phi) is 11.4. The highest BCUT2D eigenvalue weighted by Crippen LogP contribution is 2.37. The Bertz CT molecular complexity index is 1910. The molecular formula is C34H37ClF2N4O7S2. The number of carbonyl (C=O) groups excluding carboxylic acids is 1. The third kappa shape index (κ3) is 8.56. The van der Waals surface area contributed by atoms with Gasteiger partial charge < -0.3 is 23.8 Å². The summed E-state index contributed by atoms with van der Waals surface area (Å²) in [4.78, 5) is 13.6. The topological polar surface area (TPSA) is 120 Å². The van der Waals surface area contributed by atoms with Gasteiger partial charge in [-0.15, -0.1) is 10.2 Å². The van der Waals surface area contributed by atoms with E-state index < -0.39 is 44.0 Å². The zero-order valence-electron chi connectivity index (χ0n) is 28.1. The predicted octanol–water partition coefficient (Wildman–Crippen LogP) is 7.30. The van der Waals surface area contributed by atoms with E-state index in [0.29, 0.717) is 47.2 Å².